The van der Waals surface area contributed by atoms with Crippen LogP contribution in [0.4, 0.5) is 0 Å². The lowest BCUT2D eigenvalue weighted by molar-refractivity contribution is 0.203. The molecule has 80 valence electrons. The van der Waals surface area contributed by atoms with Gasteiger partial charge in [0.05, 0.1) is 11.0 Å². The molecule has 0 saturated carbocycles. The van der Waals surface area contributed by atoms with Gasteiger partial charge in [-0.15, -0.1) is 11.3 Å². The molecule has 1 atom stereocenters. The zero-order valence-corrected chi connectivity index (χ0v) is 9.66. The first-order valence-corrected chi connectivity index (χ1v) is 5.78. The van der Waals surface area contributed by atoms with Crippen LogP contribution >= 0.6 is 11.3 Å². The second kappa shape index (κ2) is 4.93. The van der Waals surface area contributed by atoms with Gasteiger partial charge in [-0.05, 0) is 25.0 Å². The van der Waals surface area contributed by atoms with Crippen LogP contribution in [0.15, 0.2) is 36.5 Å². The van der Waals surface area contributed by atoms with Crippen LogP contribution in [0, 0.1) is 11.8 Å². The Morgan fingerprint density at radius 3 is 2.62 bits per heavy atom. The Labute approximate surface area is 98.6 Å². The van der Waals surface area contributed by atoms with Crippen LogP contribution in [0.2, 0.25) is 0 Å². The molecule has 1 aromatic heterocycles. The molecule has 0 aliphatic heterocycles. The highest BCUT2D eigenvalue weighted by atomic mass is 32.1. The van der Waals surface area contributed by atoms with Gasteiger partial charge in [0.15, 0.2) is 5.01 Å². The summed E-state index contributed by atoms with van der Waals surface area (Å²) in [5.41, 5.74) is 0.969. The first-order chi connectivity index (χ1) is 7.75. The topological polar surface area (TPSA) is 33.1 Å². The minimum Gasteiger partial charge on any atom is -0.388 e. The number of thiazole rings is 1. The predicted molar refractivity (Wildman–Crippen MR) is 65.2 cm³/mol. The van der Waals surface area contributed by atoms with E-state index in [-0.39, 0.29) is 0 Å². The summed E-state index contributed by atoms with van der Waals surface area (Å²) in [5.74, 6) is 6.01. The normalized spacial score (nSPS) is 11.6. The maximum Gasteiger partial charge on any atom is 0.167 e. The predicted octanol–water partition coefficient (Wildman–Crippen LogP) is 2.60. The molecule has 0 radical (unpaired) electrons. The van der Waals surface area contributed by atoms with Crippen molar-refractivity contribution >= 4 is 11.3 Å². The molecule has 16 heavy (non-hydrogen) atoms. The van der Waals surface area contributed by atoms with Crippen molar-refractivity contribution in [3.63, 3.8) is 0 Å². The Morgan fingerprint density at radius 1 is 1.25 bits per heavy atom. The third-order valence-corrected chi connectivity index (χ3v) is 3.11. The van der Waals surface area contributed by atoms with Gasteiger partial charge in [0.25, 0.3) is 0 Å². The van der Waals surface area contributed by atoms with Crippen molar-refractivity contribution in [3.05, 3.63) is 52.0 Å². The fraction of sp³-hybridized carbons (Fsp3) is 0.154. The fourth-order valence-electron chi connectivity index (χ4n) is 1.18. The summed E-state index contributed by atoms with van der Waals surface area (Å²) in [4.78, 5) is 4.98. The Balaban J connectivity index is 2.18. The summed E-state index contributed by atoms with van der Waals surface area (Å²) < 4.78 is 0. The number of hydrogen-bond donors (Lipinski definition) is 1. The van der Waals surface area contributed by atoms with Gasteiger partial charge in [0, 0.05) is 11.8 Å². The molecular weight excluding hydrogens is 218 g/mol. The molecule has 2 rings (SSSR count). The molecule has 0 unspecified atom stereocenters. The van der Waals surface area contributed by atoms with E-state index in [1.165, 1.54) is 11.3 Å². The van der Waals surface area contributed by atoms with E-state index in [2.05, 4.69) is 16.8 Å². The molecule has 3 heteroatoms. The van der Waals surface area contributed by atoms with Gasteiger partial charge in [0.2, 0.25) is 0 Å². The Kier molecular flexibility index (Phi) is 3.35. The summed E-state index contributed by atoms with van der Waals surface area (Å²) >= 11 is 1.43. The highest BCUT2D eigenvalue weighted by Crippen LogP contribution is 2.19. The highest BCUT2D eigenvalue weighted by Gasteiger charge is 2.04. The second-order valence-corrected chi connectivity index (χ2v) is 4.42. The first kappa shape index (κ1) is 10.9. The van der Waals surface area contributed by atoms with Crippen LogP contribution < -0.4 is 0 Å². The molecular formula is C13H11NOS. The van der Waals surface area contributed by atoms with E-state index in [1.807, 2.05) is 30.3 Å². The lowest BCUT2D eigenvalue weighted by Gasteiger charge is -1.94. The Bertz CT molecular complexity index is 520. The van der Waals surface area contributed by atoms with Crippen LogP contribution in [0.1, 0.15) is 28.5 Å². The lowest BCUT2D eigenvalue weighted by Crippen LogP contribution is -1.83. The standard InChI is InChI=1S/C13H11NOS/c1-10(15)12-9-14-13(16-12)8-7-11-5-3-2-4-6-11/h2-6,9-10,15H,1H3/t10-/m0/s1. The van der Waals surface area contributed by atoms with Crippen LogP contribution in [0.25, 0.3) is 0 Å². The monoisotopic (exact) mass is 229 g/mol. The highest BCUT2D eigenvalue weighted by molar-refractivity contribution is 7.12. The zero-order valence-electron chi connectivity index (χ0n) is 8.84. The summed E-state index contributed by atoms with van der Waals surface area (Å²) in [5, 5.41) is 10.1. The molecule has 1 aromatic carbocycles. The number of hydrogen-bond acceptors (Lipinski definition) is 3. The first-order valence-electron chi connectivity index (χ1n) is 4.96. The number of aromatic nitrogens is 1. The van der Waals surface area contributed by atoms with Crippen molar-refractivity contribution in [2.75, 3.05) is 0 Å². The number of rotatable bonds is 1. The van der Waals surface area contributed by atoms with Crippen LogP contribution in [-0.2, 0) is 0 Å². The lowest BCUT2D eigenvalue weighted by atomic mass is 10.2. The van der Waals surface area contributed by atoms with Gasteiger partial charge < -0.3 is 5.11 Å². The van der Waals surface area contributed by atoms with E-state index in [0.717, 1.165) is 15.4 Å². The minimum atomic E-state index is -0.468. The minimum absolute atomic E-state index is 0.468. The maximum atomic E-state index is 9.34. The molecule has 0 saturated heterocycles. The van der Waals surface area contributed by atoms with Gasteiger partial charge in [-0.2, -0.15) is 0 Å². The molecule has 1 N–H and O–H groups in total. The van der Waals surface area contributed by atoms with Crippen molar-refractivity contribution in [1.29, 1.82) is 0 Å². The van der Waals surface area contributed by atoms with E-state index in [4.69, 9.17) is 0 Å². The molecule has 0 aliphatic carbocycles. The van der Waals surface area contributed by atoms with E-state index in [1.54, 1.807) is 13.1 Å². The third-order valence-electron chi connectivity index (χ3n) is 2.02. The van der Waals surface area contributed by atoms with Crippen molar-refractivity contribution < 1.29 is 5.11 Å². The SMILES string of the molecule is C[C@H](O)c1cnc(C#Cc2ccccc2)s1. The van der Waals surface area contributed by atoms with E-state index in [9.17, 15) is 5.11 Å². The number of aliphatic hydroxyl groups excluding tert-OH is 1. The molecule has 0 amide bonds. The second-order valence-electron chi connectivity index (χ2n) is 3.36. The smallest absolute Gasteiger partial charge is 0.167 e. The molecule has 0 bridgehead atoms. The molecule has 0 spiro atoms. The Hall–Kier alpha value is -1.63. The van der Waals surface area contributed by atoms with E-state index in [0.29, 0.717) is 0 Å². The molecule has 2 nitrogen and oxygen atoms in total. The van der Waals surface area contributed by atoms with E-state index < -0.39 is 6.10 Å². The van der Waals surface area contributed by atoms with Gasteiger partial charge in [-0.3, -0.25) is 0 Å². The summed E-state index contributed by atoms with van der Waals surface area (Å²) in [6.45, 7) is 1.72. The van der Waals surface area contributed by atoms with Crippen molar-refractivity contribution in [1.82, 2.24) is 4.98 Å². The molecule has 0 aliphatic rings. The quantitative estimate of drug-likeness (QED) is 0.762. The van der Waals surface area contributed by atoms with Crippen molar-refractivity contribution in [2.24, 2.45) is 0 Å². The van der Waals surface area contributed by atoms with Crippen molar-refractivity contribution in [2.45, 2.75) is 13.0 Å². The molecule has 0 fully saturated rings. The summed E-state index contributed by atoms with van der Waals surface area (Å²) in [7, 11) is 0. The fourth-order valence-corrected chi connectivity index (χ4v) is 1.89. The molecule has 2 aromatic rings. The van der Waals surface area contributed by atoms with Crippen LogP contribution in [0.3, 0.4) is 0 Å². The van der Waals surface area contributed by atoms with Gasteiger partial charge in [-0.1, -0.05) is 24.1 Å². The largest absolute Gasteiger partial charge is 0.388 e. The average Bonchev–Trinajstić information content (AvgIpc) is 2.76. The van der Waals surface area contributed by atoms with Gasteiger partial charge in [0.1, 0.15) is 0 Å². The van der Waals surface area contributed by atoms with E-state index >= 15 is 0 Å². The third kappa shape index (κ3) is 2.69. The zero-order chi connectivity index (χ0) is 11.4. The molecule has 1 heterocycles. The average molecular weight is 229 g/mol. The van der Waals surface area contributed by atoms with Gasteiger partial charge >= 0.3 is 0 Å². The maximum absolute atomic E-state index is 9.34. The number of aliphatic hydroxyl groups is 1. The summed E-state index contributed by atoms with van der Waals surface area (Å²) in [6.07, 6.45) is 1.20. The Morgan fingerprint density at radius 2 is 2.00 bits per heavy atom. The van der Waals surface area contributed by atoms with Gasteiger partial charge in [-0.25, -0.2) is 4.98 Å². The summed E-state index contributed by atoms with van der Waals surface area (Å²) in [6, 6.07) is 9.77. The number of nitrogens with zero attached hydrogens (tertiary/aromatic N) is 1. The van der Waals surface area contributed by atoms with Crippen LogP contribution in [-0.4, -0.2) is 10.1 Å². The number of benzene rings is 1. The van der Waals surface area contributed by atoms with Crippen molar-refractivity contribution in [3.8, 4) is 11.8 Å². The van der Waals surface area contributed by atoms with Crippen LogP contribution in [0.5, 0.6) is 0 Å².